The van der Waals surface area contributed by atoms with E-state index in [9.17, 15) is 4.79 Å². The molecular formula is C13H19N3O. The third-order valence-electron chi connectivity index (χ3n) is 3.47. The lowest BCUT2D eigenvalue weighted by Gasteiger charge is -2.35. The van der Waals surface area contributed by atoms with Gasteiger partial charge in [-0.1, -0.05) is 0 Å². The minimum absolute atomic E-state index is 0.222. The molecule has 92 valence electrons. The molecule has 0 atom stereocenters. The Bertz CT molecular complexity index is 290. The number of rotatable bonds is 6. The predicted octanol–water partition coefficient (Wildman–Crippen LogP) is 1.87. The largest absolute Gasteiger partial charge is 0.303 e. The van der Waals surface area contributed by atoms with Crippen LogP contribution in [0.5, 0.6) is 0 Å². The van der Waals surface area contributed by atoms with Gasteiger partial charge in [0.2, 0.25) is 0 Å². The number of nitriles is 2. The van der Waals surface area contributed by atoms with Crippen molar-refractivity contribution >= 4 is 6.29 Å². The van der Waals surface area contributed by atoms with E-state index in [-0.39, 0.29) is 5.92 Å². The second kappa shape index (κ2) is 7.81. The summed E-state index contributed by atoms with van der Waals surface area (Å²) in [6, 6.07) is 4.76. The van der Waals surface area contributed by atoms with Crippen LogP contribution in [0.2, 0.25) is 0 Å². The fraction of sp³-hybridized carbons (Fsp3) is 0.769. The molecule has 0 bridgehead atoms. The van der Waals surface area contributed by atoms with Gasteiger partial charge in [0.05, 0.1) is 12.1 Å². The van der Waals surface area contributed by atoms with Crippen molar-refractivity contribution in [3.05, 3.63) is 0 Å². The van der Waals surface area contributed by atoms with E-state index in [1.165, 1.54) is 0 Å². The molecule has 1 aliphatic carbocycles. The summed E-state index contributed by atoms with van der Waals surface area (Å²) < 4.78 is 0. The molecule has 1 fully saturated rings. The number of carbonyl (C=O) groups is 1. The van der Waals surface area contributed by atoms with Gasteiger partial charge in [-0.3, -0.25) is 4.90 Å². The highest BCUT2D eigenvalue weighted by molar-refractivity contribution is 5.53. The molecule has 0 heterocycles. The van der Waals surface area contributed by atoms with E-state index in [0.29, 0.717) is 18.9 Å². The first kappa shape index (κ1) is 13.7. The van der Waals surface area contributed by atoms with Crippen LogP contribution in [0.15, 0.2) is 0 Å². The van der Waals surface area contributed by atoms with Crippen LogP contribution in [-0.2, 0) is 4.79 Å². The Balaban J connectivity index is 2.44. The summed E-state index contributed by atoms with van der Waals surface area (Å²) in [4.78, 5) is 12.9. The van der Waals surface area contributed by atoms with E-state index in [2.05, 4.69) is 17.0 Å². The lowest BCUT2D eigenvalue weighted by Crippen LogP contribution is -2.39. The van der Waals surface area contributed by atoms with Gasteiger partial charge in [-0.15, -0.1) is 0 Å². The van der Waals surface area contributed by atoms with Crippen molar-refractivity contribution < 1.29 is 4.79 Å². The predicted molar refractivity (Wildman–Crippen MR) is 63.8 cm³/mol. The maximum Gasteiger partial charge on any atom is 0.123 e. The molecule has 0 aromatic rings. The zero-order chi connectivity index (χ0) is 12.5. The quantitative estimate of drug-likeness (QED) is 0.657. The van der Waals surface area contributed by atoms with Gasteiger partial charge >= 0.3 is 0 Å². The summed E-state index contributed by atoms with van der Waals surface area (Å²) >= 11 is 0. The van der Waals surface area contributed by atoms with E-state index in [1.807, 2.05) is 0 Å². The third-order valence-corrected chi connectivity index (χ3v) is 3.47. The van der Waals surface area contributed by atoms with Crippen molar-refractivity contribution in [3.63, 3.8) is 0 Å². The van der Waals surface area contributed by atoms with Gasteiger partial charge < -0.3 is 4.79 Å². The van der Waals surface area contributed by atoms with Gasteiger partial charge in [0.1, 0.15) is 6.29 Å². The molecule has 0 radical (unpaired) electrons. The van der Waals surface area contributed by atoms with Crippen LogP contribution >= 0.6 is 0 Å². The lowest BCUT2D eigenvalue weighted by molar-refractivity contribution is -0.112. The second-order valence-corrected chi connectivity index (χ2v) is 4.56. The maximum atomic E-state index is 10.7. The van der Waals surface area contributed by atoms with Crippen LogP contribution in [0.1, 0.15) is 38.5 Å². The molecule has 0 spiro atoms. The molecule has 1 rings (SSSR count). The first-order valence-corrected chi connectivity index (χ1v) is 6.25. The molecule has 0 aromatic carbocycles. The SMILES string of the molecule is N#CCCN(CCC#N)C1CCC(C=O)CC1. The Morgan fingerprint density at radius 1 is 1.06 bits per heavy atom. The maximum absolute atomic E-state index is 10.7. The van der Waals surface area contributed by atoms with Gasteiger partial charge in [-0.2, -0.15) is 10.5 Å². The molecule has 4 nitrogen and oxygen atoms in total. The molecule has 1 aliphatic rings. The highest BCUT2D eigenvalue weighted by atomic mass is 16.1. The molecule has 0 saturated heterocycles. The van der Waals surface area contributed by atoms with Crippen molar-refractivity contribution in [2.75, 3.05) is 13.1 Å². The first-order valence-electron chi connectivity index (χ1n) is 6.25. The van der Waals surface area contributed by atoms with Crippen molar-refractivity contribution in [2.45, 2.75) is 44.6 Å². The van der Waals surface area contributed by atoms with Gasteiger partial charge in [0, 0.05) is 37.9 Å². The van der Waals surface area contributed by atoms with Crippen molar-refractivity contribution in [1.29, 1.82) is 10.5 Å². The minimum atomic E-state index is 0.222. The van der Waals surface area contributed by atoms with Gasteiger partial charge in [-0.05, 0) is 25.7 Å². The van der Waals surface area contributed by atoms with Crippen molar-refractivity contribution in [3.8, 4) is 12.1 Å². The van der Waals surface area contributed by atoms with Crippen LogP contribution in [0.4, 0.5) is 0 Å². The van der Waals surface area contributed by atoms with Gasteiger partial charge in [-0.25, -0.2) is 0 Å². The Morgan fingerprint density at radius 3 is 2.00 bits per heavy atom. The minimum Gasteiger partial charge on any atom is -0.303 e. The fourth-order valence-corrected chi connectivity index (χ4v) is 2.47. The zero-order valence-corrected chi connectivity index (χ0v) is 10.1. The summed E-state index contributed by atoms with van der Waals surface area (Å²) in [6.45, 7) is 1.49. The lowest BCUT2D eigenvalue weighted by atomic mass is 9.86. The fourth-order valence-electron chi connectivity index (χ4n) is 2.47. The monoisotopic (exact) mass is 233 g/mol. The standard InChI is InChI=1S/C13H19N3O/c14-7-1-9-16(10-2-8-15)13-5-3-12(11-17)4-6-13/h11-13H,1-6,9-10H2. The first-order chi connectivity index (χ1) is 8.31. The van der Waals surface area contributed by atoms with E-state index < -0.39 is 0 Å². The molecule has 1 saturated carbocycles. The highest BCUT2D eigenvalue weighted by Gasteiger charge is 2.24. The molecular weight excluding hydrogens is 214 g/mol. The summed E-state index contributed by atoms with van der Waals surface area (Å²) in [5.74, 6) is 0.222. The zero-order valence-electron chi connectivity index (χ0n) is 10.1. The van der Waals surface area contributed by atoms with E-state index >= 15 is 0 Å². The van der Waals surface area contributed by atoms with Gasteiger partial charge in [0.25, 0.3) is 0 Å². The normalized spacial score (nSPS) is 23.9. The van der Waals surface area contributed by atoms with Crippen molar-refractivity contribution in [1.82, 2.24) is 4.90 Å². The van der Waals surface area contributed by atoms with Crippen LogP contribution in [0, 0.1) is 28.6 Å². The van der Waals surface area contributed by atoms with E-state index in [0.717, 1.165) is 45.1 Å². The Morgan fingerprint density at radius 2 is 1.59 bits per heavy atom. The second-order valence-electron chi connectivity index (χ2n) is 4.56. The van der Waals surface area contributed by atoms with E-state index in [4.69, 9.17) is 10.5 Å². The number of aldehydes is 1. The third kappa shape index (κ3) is 4.54. The summed E-state index contributed by atoms with van der Waals surface area (Å²) in [5.41, 5.74) is 0. The molecule has 17 heavy (non-hydrogen) atoms. The van der Waals surface area contributed by atoms with Crippen LogP contribution in [-0.4, -0.2) is 30.3 Å². The van der Waals surface area contributed by atoms with Crippen LogP contribution in [0.25, 0.3) is 0 Å². The average molecular weight is 233 g/mol. The molecule has 0 aromatic heterocycles. The topological polar surface area (TPSA) is 67.9 Å². The molecule has 0 aliphatic heterocycles. The summed E-state index contributed by atoms with van der Waals surface area (Å²) in [5, 5.41) is 17.3. The number of hydrogen-bond donors (Lipinski definition) is 0. The number of nitrogens with zero attached hydrogens (tertiary/aromatic N) is 3. The van der Waals surface area contributed by atoms with E-state index in [1.54, 1.807) is 0 Å². The molecule has 0 N–H and O–H groups in total. The number of carbonyl (C=O) groups excluding carboxylic acids is 1. The van der Waals surface area contributed by atoms with Gasteiger partial charge in [0.15, 0.2) is 0 Å². The Kier molecular flexibility index (Phi) is 6.29. The molecule has 0 unspecified atom stereocenters. The van der Waals surface area contributed by atoms with Crippen LogP contribution < -0.4 is 0 Å². The Labute approximate surface area is 103 Å². The molecule has 4 heteroatoms. The Hall–Kier alpha value is -1.39. The average Bonchev–Trinajstić information content (AvgIpc) is 2.39. The highest BCUT2D eigenvalue weighted by Crippen LogP contribution is 2.26. The van der Waals surface area contributed by atoms with Crippen LogP contribution in [0.3, 0.4) is 0 Å². The van der Waals surface area contributed by atoms with Crippen molar-refractivity contribution in [2.24, 2.45) is 5.92 Å². The summed E-state index contributed by atoms with van der Waals surface area (Å²) in [7, 11) is 0. The summed E-state index contributed by atoms with van der Waals surface area (Å²) in [6.07, 6.45) is 6.01. The smallest absolute Gasteiger partial charge is 0.123 e. The molecule has 0 amide bonds. The number of hydrogen-bond acceptors (Lipinski definition) is 4.